The van der Waals surface area contributed by atoms with Crippen LogP contribution in [0, 0.1) is 0 Å². The Hall–Kier alpha value is -3.57. The molecule has 0 N–H and O–H groups in total. The summed E-state index contributed by atoms with van der Waals surface area (Å²) in [7, 11) is 1.59. The number of rotatable bonds is 6. The van der Waals surface area contributed by atoms with Crippen molar-refractivity contribution in [2.75, 3.05) is 12.1 Å². The molecular formula is C25H21ClN2O3. The first-order valence-electron chi connectivity index (χ1n) is 9.77. The van der Waals surface area contributed by atoms with E-state index in [0.717, 1.165) is 16.8 Å². The molecule has 0 spiro atoms. The van der Waals surface area contributed by atoms with Gasteiger partial charge in [0.2, 0.25) is 0 Å². The number of hydrogen-bond acceptors (Lipinski definition) is 4. The Morgan fingerprint density at radius 3 is 2.55 bits per heavy atom. The lowest BCUT2D eigenvalue weighted by Crippen LogP contribution is -2.21. The second-order valence-corrected chi connectivity index (χ2v) is 7.46. The molecule has 0 saturated carbocycles. The minimum absolute atomic E-state index is 0.163. The van der Waals surface area contributed by atoms with Crippen LogP contribution in [-0.2, 0) is 11.4 Å². The molecule has 31 heavy (non-hydrogen) atoms. The Morgan fingerprint density at radius 1 is 1.00 bits per heavy atom. The van der Waals surface area contributed by atoms with Gasteiger partial charge in [0.15, 0.2) is 11.5 Å². The molecule has 1 aliphatic heterocycles. The zero-order chi connectivity index (χ0) is 21.8. The summed E-state index contributed by atoms with van der Waals surface area (Å²) in [6.45, 7) is 2.19. The monoisotopic (exact) mass is 432 g/mol. The SMILES string of the molecule is COc1cc(/C=C2/C(=O)N(c3ccccc3)N=C2C)ccc1OCc1cccc(Cl)c1. The lowest BCUT2D eigenvalue weighted by molar-refractivity contribution is -0.114. The largest absolute Gasteiger partial charge is 0.493 e. The van der Waals surface area contributed by atoms with Crippen LogP contribution in [0.2, 0.25) is 5.02 Å². The smallest absolute Gasteiger partial charge is 0.280 e. The molecule has 0 bridgehead atoms. The van der Waals surface area contributed by atoms with Crippen LogP contribution in [0.4, 0.5) is 5.69 Å². The summed E-state index contributed by atoms with van der Waals surface area (Å²) >= 11 is 6.03. The number of ether oxygens (including phenoxy) is 2. The Balaban J connectivity index is 1.54. The third-order valence-electron chi connectivity index (χ3n) is 4.85. The van der Waals surface area contributed by atoms with Gasteiger partial charge in [-0.05, 0) is 60.5 Å². The van der Waals surface area contributed by atoms with Crippen LogP contribution in [0.3, 0.4) is 0 Å². The van der Waals surface area contributed by atoms with Crippen LogP contribution in [0.5, 0.6) is 11.5 Å². The van der Waals surface area contributed by atoms with Crippen LogP contribution in [-0.4, -0.2) is 18.7 Å². The van der Waals surface area contributed by atoms with Gasteiger partial charge in [-0.2, -0.15) is 10.1 Å². The van der Waals surface area contributed by atoms with E-state index in [1.54, 1.807) is 7.11 Å². The van der Waals surface area contributed by atoms with E-state index in [1.807, 2.05) is 85.8 Å². The molecule has 6 heteroatoms. The highest BCUT2D eigenvalue weighted by molar-refractivity contribution is 6.32. The maximum atomic E-state index is 12.9. The molecule has 0 unspecified atom stereocenters. The second-order valence-electron chi connectivity index (χ2n) is 7.02. The highest BCUT2D eigenvalue weighted by Crippen LogP contribution is 2.31. The molecule has 0 radical (unpaired) electrons. The van der Waals surface area contributed by atoms with Crippen molar-refractivity contribution in [3.8, 4) is 11.5 Å². The van der Waals surface area contributed by atoms with E-state index in [1.165, 1.54) is 5.01 Å². The molecular weight excluding hydrogens is 412 g/mol. The van der Waals surface area contributed by atoms with Crippen LogP contribution < -0.4 is 14.5 Å². The summed E-state index contributed by atoms with van der Waals surface area (Å²) in [5, 5.41) is 6.50. The van der Waals surface area contributed by atoms with E-state index in [2.05, 4.69) is 5.10 Å². The molecule has 0 aromatic heterocycles. The highest BCUT2D eigenvalue weighted by atomic mass is 35.5. The van der Waals surface area contributed by atoms with Crippen molar-refractivity contribution >= 4 is 35.0 Å². The molecule has 3 aromatic rings. The maximum Gasteiger partial charge on any atom is 0.280 e. The first-order valence-corrected chi connectivity index (χ1v) is 10.1. The number of amides is 1. The van der Waals surface area contributed by atoms with E-state index in [4.69, 9.17) is 21.1 Å². The Labute approximate surface area is 186 Å². The van der Waals surface area contributed by atoms with Crippen molar-refractivity contribution in [1.82, 2.24) is 0 Å². The second kappa shape index (κ2) is 9.06. The number of nitrogens with zero attached hydrogens (tertiary/aromatic N) is 2. The van der Waals surface area contributed by atoms with Crippen molar-refractivity contribution in [2.24, 2.45) is 5.10 Å². The van der Waals surface area contributed by atoms with Crippen LogP contribution in [0.1, 0.15) is 18.1 Å². The quantitative estimate of drug-likeness (QED) is 0.467. The molecule has 0 atom stereocenters. The number of carbonyl (C=O) groups is 1. The Kier molecular flexibility index (Phi) is 6.05. The zero-order valence-corrected chi connectivity index (χ0v) is 18.0. The number of hydrazone groups is 1. The lowest BCUT2D eigenvalue weighted by atomic mass is 10.1. The minimum Gasteiger partial charge on any atom is -0.493 e. The first-order chi connectivity index (χ1) is 15.0. The van der Waals surface area contributed by atoms with E-state index in [-0.39, 0.29) is 5.91 Å². The van der Waals surface area contributed by atoms with Crippen molar-refractivity contribution in [3.63, 3.8) is 0 Å². The zero-order valence-electron chi connectivity index (χ0n) is 17.2. The molecule has 5 nitrogen and oxygen atoms in total. The summed E-state index contributed by atoms with van der Waals surface area (Å²) in [4.78, 5) is 12.9. The average molecular weight is 433 g/mol. The molecule has 0 saturated heterocycles. The summed E-state index contributed by atoms with van der Waals surface area (Å²) < 4.78 is 11.4. The van der Waals surface area contributed by atoms with Gasteiger partial charge in [-0.3, -0.25) is 4.79 Å². The predicted molar refractivity (Wildman–Crippen MR) is 124 cm³/mol. The summed E-state index contributed by atoms with van der Waals surface area (Å²) in [6.07, 6.45) is 1.81. The van der Waals surface area contributed by atoms with Gasteiger partial charge in [-0.15, -0.1) is 0 Å². The fraction of sp³-hybridized carbons (Fsp3) is 0.120. The topological polar surface area (TPSA) is 51.1 Å². The molecule has 1 aliphatic rings. The van der Waals surface area contributed by atoms with E-state index in [9.17, 15) is 4.79 Å². The number of hydrogen-bond donors (Lipinski definition) is 0. The lowest BCUT2D eigenvalue weighted by Gasteiger charge is -2.12. The number of benzene rings is 3. The van der Waals surface area contributed by atoms with Gasteiger partial charge in [-0.1, -0.05) is 48.0 Å². The number of halogens is 1. The molecule has 1 amide bonds. The fourth-order valence-corrected chi connectivity index (χ4v) is 3.49. The Bertz CT molecular complexity index is 1170. The summed E-state index contributed by atoms with van der Waals surface area (Å²) in [5.74, 6) is 1.03. The van der Waals surface area contributed by atoms with Crippen molar-refractivity contribution in [1.29, 1.82) is 0 Å². The molecule has 0 aliphatic carbocycles. The molecule has 3 aromatic carbocycles. The standard InChI is InChI=1S/C25H21ClN2O3/c1-17-22(25(29)28(27-17)21-9-4-3-5-10-21)14-18-11-12-23(24(15-18)30-2)31-16-19-7-6-8-20(26)13-19/h3-15H,16H2,1-2H3/b22-14+. The summed E-state index contributed by atoms with van der Waals surface area (Å²) in [6, 6.07) is 22.4. The van der Waals surface area contributed by atoms with Gasteiger partial charge in [0, 0.05) is 5.02 Å². The summed E-state index contributed by atoms with van der Waals surface area (Å²) in [5.41, 5.74) is 3.72. The first kappa shape index (κ1) is 20.7. The van der Waals surface area contributed by atoms with Crippen LogP contribution >= 0.6 is 11.6 Å². The van der Waals surface area contributed by atoms with E-state index in [0.29, 0.717) is 34.4 Å². The van der Waals surface area contributed by atoms with Gasteiger partial charge in [0.05, 0.1) is 24.1 Å². The molecule has 0 fully saturated rings. The number of anilines is 1. The molecule has 4 rings (SSSR count). The maximum absolute atomic E-state index is 12.9. The van der Waals surface area contributed by atoms with Gasteiger partial charge in [0.25, 0.3) is 5.91 Å². The Morgan fingerprint density at radius 2 is 1.81 bits per heavy atom. The van der Waals surface area contributed by atoms with Crippen molar-refractivity contribution in [2.45, 2.75) is 13.5 Å². The van der Waals surface area contributed by atoms with E-state index >= 15 is 0 Å². The fourth-order valence-electron chi connectivity index (χ4n) is 3.28. The van der Waals surface area contributed by atoms with Crippen LogP contribution in [0.15, 0.2) is 83.5 Å². The average Bonchev–Trinajstić information content (AvgIpc) is 3.07. The molecule has 156 valence electrons. The molecule has 1 heterocycles. The van der Waals surface area contributed by atoms with Gasteiger partial charge < -0.3 is 9.47 Å². The van der Waals surface area contributed by atoms with E-state index < -0.39 is 0 Å². The highest BCUT2D eigenvalue weighted by Gasteiger charge is 2.28. The normalized spacial score (nSPS) is 14.7. The number of methoxy groups -OCH3 is 1. The van der Waals surface area contributed by atoms with Crippen molar-refractivity contribution in [3.05, 3.63) is 94.5 Å². The van der Waals surface area contributed by atoms with Gasteiger partial charge in [0.1, 0.15) is 6.61 Å². The third kappa shape index (κ3) is 4.62. The van der Waals surface area contributed by atoms with Crippen molar-refractivity contribution < 1.29 is 14.3 Å². The predicted octanol–water partition coefficient (Wildman–Crippen LogP) is 5.73. The number of carbonyl (C=O) groups excluding carboxylic acids is 1. The van der Waals surface area contributed by atoms with Gasteiger partial charge in [-0.25, -0.2) is 0 Å². The third-order valence-corrected chi connectivity index (χ3v) is 5.08. The van der Waals surface area contributed by atoms with Crippen LogP contribution in [0.25, 0.3) is 6.08 Å². The van der Waals surface area contributed by atoms with Gasteiger partial charge >= 0.3 is 0 Å². The number of para-hydroxylation sites is 1. The minimum atomic E-state index is -0.163.